The first kappa shape index (κ1) is 23.5. The summed E-state index contributed by atoms with van der Waals surface area (Å²) < 4.78 is 4.92. The van der Waals surface area contributed by atoms with Gasteiger partial charge in [0.15, 0.2) is 0 Å². The van der Waals surface area contributed by atoms with Gasteiger partial charge in [-0.15, -0.1) is 11.3 Å². The van der Waals surface area contributed by atoms with Gasteiger partial charge in [-0.05, 0) is 57.6 Å². The first-order valence-electron chi connectivity index (χ1n) is 14.2. The van der Waals surface area contributed by atoms with Crippen LogP contribution in [0.2, 0.25) is 0 Å². The predicted octanol–water partition coefficient (Wildman–Crippen LogP) is 11.0. The van der Waals surface area contributed by atoms with Crippen LogP contribution in [0.4, 0.5) is 0 Å². The molecule has 0 bridgehead atoms. The number of rotatable bonds is 3. The summed E-state index contributed by atoms with van der Waals surface area (Å²) >= 11 is 1.85. The predicted molar refractivity (Wildman–Crippen MR) is 180 cm³/mol. The smallest absolute Gasteiger partial charge is 0.147 e. The molecule has 9 aromatic rings. The van der Waals surface area contributed by atoms with Crippen LogP contribution in [0.15, 0.2) is 146 Å². The van der Waals surface area contributed by atoms with E-state index < -0.39 is 0 Å². The van der Waals surface area contributed by atoms with E-state index in [1.807, 2.05) is 11.3 Å². The minimum Gasteiger partial charge on any atom is -0.292 e. The van der Waals surface area contributed by atoms with Crippen LogP contribution in [0.25, 0.3) is 81.0 Å². The van der Waals surface area contributed by atoms with E-state index in [9.17, 15) is 0 Å². The van der Waals surface area contributed by atoms with Gasteiger partial charge in [0.25, 0.3) is 0 Å². The molecule has 0 fully saturated rings. The number of imidazole rings is 1. The molecule has 0 amide bonds. The summed E-state index contributed by atoms with van der Waals surface area (Å²) in [4.78, 5) is 5.49. The van der Waals surface area contributed by atoms with Crippen LogP contribution in [0, 0.1) is 0 Å². The summed E-state index contributed by atoms with van der Waals surface area (Å²) in [5, 5.41) is 7.48. The molecule has 7 aromatic carbocycles. The van der Waals surface area contributed by atoms with Gasteiger partial charge in [-0.2, -0.15) is 0 Å². The number of aromatic nitrogens is 2. The molecule has 0 aliphatic rings. The van der Waals surface area contributed by atoms with E-state index in [4.69, 9.17) is 4.98 Å². The van der Waals surface area contributed by atoms with Gasteiger partial charge >= 0.3 is 0 Å². The van der Waals surface area contributed by atoms with Crippen molar-refractivity contribution in [3.8, 4) is 28.2 Å². The minimum absolute atomic E-state index is 0.966. The molecule has 0 aliphatic heterocycles. The van der Waals surface area contributed by atoms with Crippen LogP contribution >= 0.6 is 11.3 Å². The Morgan fingerprint density at radius 1 is 0.500 bits per heavy atom. The van der Waals surface area contributed by atoms with E-state index in [-0.39, 0.29) is 0 Å². The molecule has 3 heteroatoms. The standard InChI is InChI=1S/C39H24N2S/c1-2-10-25(11-3-1)27-13-8-14-28(24-27)41-35-23-22-30-29-15-5-4-12-26(29)20-21-32(30)37(35)40-39(41)34-18-9-17-33-31-16-6-7-19-36(31)42-38(33)34/h1-24H. The van der Waals surface area contributed by atoms with E-state index in [0.717, 1.165) is 28.1 Å². The molecule has 9 rings (SSSR count). The average molecular weight is 553 g/mol. The number of hydrogen-bond acceptors (Lipinski definition) is 2. The lowest BCUT2D eigenvalue weighted by Crippen LogP contribution is -1.98. The highest BCUT2D eigenvalue weighted by Gasteiger charge is 2.20. The van der Waals surface area contributed by atoms with Crippen LogP contribution in [0.3, 0.4) is 0 Å². The maximum Gasteiger partial charge on any atom is 0.147 e. The fourth-order valence-electron chi connectivity index (χ4n) is 6.45. The van der Waals surface area contributed by atoms with E-state index in [1.54, 1.807) is 0 Å². The fourth-order valence-corrected chi connectivity index (χ4v) is 7.66. The topological polar surface area (TPSA) is 17.8 Å². The molecule has 0 N–H and O–H groups in total. The second-order valence-electron chi connectivity index (χ2n) is 10.8. The number of thiophene rings is 1. The Balaban J connectivity index is 1.39. The normalized spacial score (nSPS) is 11.8. The Morgan fingerprint density at radius 2 is 1.24 bits per heavy atom. The lowest BCUT2D eigenvalue weighted by Gasteiger charge is -2.12. The Hall–Kier alpha value is -5.25. The highest BCUT2D eigenvalue weighted by molar-refractivity contribution is 7.26. The van der Waals surface area contributed by atoms with Crippen molar-refractivity contribution < 1.29 is 0 Å². The molecule has 0 radical (unpaired) electrons. The van der Waals surface area contributed by atoms with Crippen molar-refractivity contribution in [2.75, 3.05) is 0 Å². The minimum atomic E-state index is 0.966. The number of nitrogens with zero attached hydrogens (tertiary/aromatic N) is 2. The molecule has 2 nitrogen and oxygen atoms in total. The third kappa shape index (κ3) is 3.47. The lowest BCUT2D eigenvalue weighted by molar-refractivity contribution is 1.11. The summed E-state index contributed by atoms with van der Waals surface area (Å²) in [5.74, 6) is 0.966. The Labute approximate surface area is 246 Å². The van der Waals surface area contributed by atoms with Crippen molar-refractivity contribution >= 4 is 64.1 Å². The van der Waals surface area contributed by atoms with Crippen LogP contribution < -0.4 is 0 Å². The SMILES string of the molecule is c1ccc(-c2cccc(-n3c(-c4cccc5c4sc4ccccc45)nc4c5ccc6ccccc6c5ccc43)c2)cc1. The highest BCUT2D eigenvalue weighted by Crippen LogP contribution is 2.42. The zero-order chi connectivity index (χ0) is 27.6. The van der Waals surface area contributed by atoms with Crippen molar-refractivity contribution in [2.45, 2.75) is 0 Å². The average Bonchev–Trinajstić information content (AvgIpc) is 3.64. The number of benzene rings is 7. The zero-order valence-corrected chi connectivity index (χ0v) is 23.5. The quantitative estimate of drug-likeness (QED) is 0.199. The van der Waals surface area contributed by atoms with Gasteiger partial charge in [0.05, 0.1) is 11.0 Å². The van der Waals surface area contributed by atoms with Gasteiger partial charge < -0.3 is 0 Å². The molecular weight excluding hydrogens is 529 g/mol. The Morgan fingerprint density at radius 3 is 2.17 bits per heavy atom. The third-order valence-electron chi connectivity index (χ3n) is 8.40. The molecule has 0 saturated heterocycles. The van der Waals surface area contributed by atoms with Gasteiger partial charge in [0, 0.05) is 36.8 Å². The molecule has 0 saturated carbocycles. The molecule has 196 valence electrons. The third-order valence-corrected chi connectivity index (χ3v) is 9.62. The van der Waals surface area contributed by atoms with E-state index >= 15 is 0 Å². The molecule has 0 aliphatic carbocycles. The molecular formula is C39H24N2S. The number of hydrogen-bond donors (Lipinski definition) is 0. The van der Waals surface area contributed by atoms with E-state index in [2.05, 4.69) is 150 Å². The molecule has 42 heavy (non-hydrogen) atoms. The van der Waals surface area contributed by atoms with Crippen molar-refractivity contribution in [1.29, 1.82) is 0 Å². The van der Waals surface area contributed by atoms with Crippen molar-refractivity contribution in [3.63, 3.8) is 0 Å². The highest BCUT2D eigenvalue weighted by atomic mass is 32.1. The number of fused-ring (bicyclic) bond motifs is 8. The van der Waals surface area contributed by atoms with E-state index in [1.165, 1.54) is 52.8 Å². The molecule has 0 unspecified atom stereocenters. The van der Waals surface area contributed by atoms with Gasteiger partial charge in [0.2, 0.25) is 0 Å². The van der Waals surface area contributed by atoms with Gasteiger partial charge in [-0.1, -0.05) is 115 Å². The summed E-state index contributed by atoms with van der Waals surface area (Å²) in [6.45, 7) is 0. The fraction of sp³-hybridized carbons (Fsp3) is 0. The monoisotopic (exact) mass is 552 g/mol. The summed E-state index contributed by atoms with van der Waals surface area (Å²) in [6, 6.07) is 52.3. The summed E-state index contributed by atoms with van der Waals surface area (Å²) in [6.07, 6.45) is 0. The van der Waals surface area contributed by atoms with Crippen molar-refractivity contribution in [2.24, 2.45) is 0 Å². The first-order valence-corrected chi connectivity index (χ1v) is 15.0. The summed E-state index contributed by atoms with van der Waals surface area (Å²) in [5.41, 5.74) is 6.78. The maximum absolute atomic E-state index is 5.49. The van der Waals surface area contributed by atoms with Crippen molar-refractivity contribution in [1.82, 2.24) is 9.55 Å². The lowest BCUT2D eigenvalue weighted by atomic mass is 10.0. The molecule has 2 heterocycles. The summed E-state index contributed by atoms with van der Waals surface area (Å²) in [7, 11) is 0. The molecule has 0 atom stereocenters. The second kappa shape index (κ2) is 9.13. The zero-order valence-electron chi connectivity index (χ0n) is 22.7. The van der Waals surface area contributed by atoms with E-state index in [0.29, 0.717) is 0 Å². The van der Waals surface area contributed by atoms with Crippen LogP contribution in [0.5, 0.6) is 0 Å². The second-order valence-corrected chi connectivity index (χ2v) is 11.8. The Kier molecular flexibility index (Phi) is 5.10. The van der Waals surface area contributed by atoms with Crippen LogP contribution in [0.1, 0.15) is 0 Å². The largest absolute Gasteiger partial charge is 0.292 e. The Bertz CT molecular complexity index is 2470. The van der Waals surface area contributed by atoms with Gasteiger partial charge in [-0.3, -0.25) is 4.57 Å². The van der Waals surface area contributed by atoms with Gasteiger partial charge in [0.1, 0.15) is 5.82 Å². The van der Waals surface area contributed by atoms with Crippen LogP contribution in [-0.4, -0.2) is 9.55 Å². The molecule has 0 spiro atoms. The van der Waals surface area contributed by atoms with Crippen LogP contribution in [-0.2, 0) is 0 Å². The van der Waals surface area contributed by atoms with Gasteiger partial charge in [-0.25, -0.2) is 4.98 Å². The van der Waals surface area contributed by atoms with Crippen molar-refractivity contribution in [3.05, 3.63) is 146 Å². The first-order chi connectivity index (χ1) is 20.8. The molecule has 2 aromatic heterocycles. The maximum atomic E-state index is 5.49.